The van der Waals surface area contributed by atoms with Gasteiger partial charge in [0.1, 0.15) is 29.0 Å². The molecule has 1 aromatic heterocycles. The molecular formula is C28H25N3O2S. The lowest BCUT2D eigenvalue weighted by Gasteiger charge is -2.19. The summed E-state index contributed by atoms with van der Waals surface area (Å²) in [6, 6.07) is 25.9. The molecule has 0 bridgehead atoms. The van der Waals surface area contributed by atoms with Gasteiger partial charge in [0.05, 0.1) is 17.8 Å². The van der Waals surface area contributed by atoms with Crippen molar-refractivity contribution in [2.24, 2.45) is 0 Å². The van der Waals surface area contributed by atoms with Gasteiger partial charge in [-0.1, -0.05) is 66.2 Å². The number of hydrogen-bond acceptors (Lipinski definition) is 5. The van der Waals surface area contributed by atoms with Gasteiger partial charge in [0, 0.05) is 22.2 Å². The minimum absolute atomic E-state index is 0.157. The van der Waals surface area contributed by atoms with E-state index in [4.69, 9.17) is 15.1 Å². The molecule has 2 N–H and O–H groups in total. The van der Waals surface area contributed by atoms with Crippen molar-refractivity contribution in [2.75, 3.05) is 11.4 Å². The molecule has 0 fully saturated rings. The normalized spacial score (nSPS) is 13.6. The molecule has 4 aromatic rings. The molecule has 0 aliphatic carbocycles. The topological polar surface area (TPSA) is 69.4 Å². The second-order valence-electron chi connectivity index (χ2n) is 8.32. The number of nitrogens with one attached hydrogen (secondary N) is 1. The molecule has 1 aliphatic rings. The molecule has 0 radical (unpaired) electrons. The van der Waals surface area contributed by atoms with Crippen molar-refractivity contribution in [2.45, 2.75) is 20.5 Å². The molecule has 1 aliphatic heterocycles. The van der Waals surface area contributed by atoms with E-state index >= 15 is 0 Å². The van der Waals surface area contributed by atoms with Gasteiger partial charge in [-0.05, 0) is 31.5 Å². The van der Waals surface area contributed by atoms with E-state index in [-0.39, 0.29) is 18.1 Å². The fourth-order valence-electron chi connectivity index (χ4n) is 3.99. The predicted molar refractivity (Wildman–Crippen MR) is 139 cm³/mol. The Morgan fingerprint density at radius 3 is 2.53 bits per heavy atom. The van der Waals surface area contributed by atoms with Gasteiger partial charge in [-0.15, -0.1) is 11.3 Å². The fraction of sp³-hybridized carbons (Fsp3) is 0.143. The molecule has 0 saturated carbocycles. The van der Waals surface area contributed by atoms with E-state index < -0.39 is 0 Å². The summed E-state index contributed by atoms with van der Waals surface area (Å²) in [6.45, 7) is 4.78. The van der Waals surface area contributed by atoms with Crippen LogP contribution in [0.1, 0.15) is 21.0 Å². The summed E-state index contributed by atoms with van der Waals surface area (Å²) in [5.41, 5.74) is 5.50. The molecule has 3 aromatic carbocycles. The molecule has 0 spiro atoms. The molecule has 34 heavy (non-hydrogen) atoms. The van der Waals surface area contributed by atoms with Crippen molar-refractivity contribution >= 4 is 28.4 Å². The number of ether oxygens (including phenoxy) is 1. The third-order valence-corrected chi connectivity index (χ3v) is 6.80. The average molecular weight is 468 g/mol. The Labute approximate surface area is 203 Å². The summed E-state index contributed by atoms with van der Waals surface area (Å²) in [7, 11) is 0. The molecule has 0 amide bonds. The Bertz CT molecular complexity index is 1370. The van der Waals surface area contributed by atoms with Crippen molar-refractivity contribution in [1.29, 1.82) is 5.41 Å². The number of aryl methyl sites for hydroxylation is 2. The zero-order valence-corrected chi connectivity index (χ0v) is 19.9. The first-order valence-corrected chi connectivity index (χ1v) is 11.9. The molecule has 0 unspecified atom stereocenters. The number of anilines is 1. The van der Waals surface area contributed by atoms with Gasteiger partial charge in [0.2, 0.25) is 0 Å². The van der Waals surface area contributed by atoms with Gasteiger partial charge in [-0.25, -0.2) is 4.98 Å². The molecule has 0 saturated heterocycles. The van der Waals surface area contributed by atoms with Gasteiger partial charge in [-0.2, -0.15) is 0 Å². The third-order valence-electron chi connectivity index (χ3n) is 5.82. The van der Waals surface area contributed by atoms with E-state index in [1.54, 1.807) is 4.90 Å². The highest BCUT2D eigenvalue weighted by Gasteiger charge is 2.32. The first kappa shape index (κ1) is 21.9. The highest BCUT2D eigenvalue weighted by Crippen LogP contribution is 2.37. The second-order valence-corrected chi connectivity index (χ2v) is 9.52. The molecular weight excluding hydrogens is 442 g/mol. The maximum atomic E-state index is 10.8. The van der Waals surface area contributed by atoms with Crippen LogP contribution in [0, 0.1) is 19.3 Å². The molecule has 2 heterocycles. The van der Waals surface area contributed by atoms with Crippen molar-refractivity contribution < 1.29 is 9.84 Å². The number of thiazole rings is 1. The zero-order valence-electron chi connectivity index (χ0n) is 19.1. The van der Waals surface area contributed by atoms with E-state index in [1.165, 1.54) is 16.9 Å². The first-order valence-electron chi connectivity index (χ1n) is 11.1. The second kappa shape index (κ2) is 9.15. The van der Waals surface area contributed by atoms with Crippen LogP contribution in [-0.2, 0) is 6.61 Å². The molecule has 5 rings (SSSR count). The minimum atomic E-state index is 0.157. The summed E-state index contributed by atoms with van der Waals surface area (Å²) in [6.07, 6.45) is 0. The van der Waals surface area contributed by atoms with E-state index in [0.29, 0.717) is 22.9 Å². The SMILES string of the molecule is Cc1ccc(-c2nc(C3=C(O)CN(c4cccc(OCc5ccccc5)c4)C3=N)sc2C)cc1. The summed E-state index contributed by atoms with van der Waals surface area (Å²) in [5, 5.41) is 20.3. The van der Waals surface area contributed by atoms with Gasteiger partial charge < -0.3 is 14.7 Å². The smallest absolute Gasteiger partial charge is 0.139 e. The monoisotopic (exact) mass is 467 g/mol. The minimum Gasteiger partial charge on any atom is -0.510 e. The number of aromatic nitrogens is 1. The quantitative estimate of drug-likeness (QED) is 0.328. The Balaban J connectivity index is 1.36. The summed E-state index contributed by atoms with van der Waals surface area (Å²) in [4.78, 5) is 7.65. The molecule has 170 valence electrons. The van der Waals surface area contributed by atoms with E-state index in [0.717, 1.165) is 27.4 Å². The van der Waals surface area contributed by atoms with Gasteiger partial charge in [-0.3, -0.25) is 5.41 Å². The van der Waals surface area contributed by atoms with Crippen LogP contribution >= 0.6 is 11.3 Å². The van der Waals surface area contributed by atoms with Crippen LogP contribution in [0.3, 0.4) is 0 Å². The highest BCUT2D eigenvalue weighted by atomic mass is 32.1. The van der Waals surface area contributed by atoms with E-state index in [1.807, 2.05) is 61.5 Å². The van der Waals surface area contributed by atoms with Crippen molar-refractivity contribution in [3.63, 3.8) is 0 Å². The third kappa shape index (κ3) is 4.32. The zero-order chi connectivity index (χ0) is 23.7. The summed E-state index contributed by atoms with van der Waals surface area (Å²) < 4.78 is 5.96. The largest absolute Gasteiger partial charge is 0.510 e. The van der Waals surface area contributed by atoms with Crippen LogP contribution in [-0.4, -0.2) is 22.5 Å². The summed E-state index contributed by atoms with van der Waals surface area (Å²) >= 11 is 1.50. The van der Waals surface area contributed by atoms with Gasteiger partial charge in [0.25, 0.3) is 0 Å². The number of benzene rings is 3. The van der Waals surface area contributed by atoms with Gasteiger partial charge in [0.15, 0.2) is 0 Å². The van der Waals surface area contributed by atoms with Crippen LogP contribution in [0.4, 0.5) is 5.69 Å². The van der Waals surface area contributed by atoms with Crippen LogP contribution in [0.15, 0.2) is 84.6 Å². The number of aliphatic hydroxyl groups is 1. The standard InChI is InChI=1S/C28H25N3O2S/c1-18-11-13-21(14-12-18)26-19(2)34-28(30-26)25-24(32)16-31(27(25)29)22-9-6-10-23(15-22)33-17-20-7-4-3-5-8-20/h3-15,29,32H,16-17H2,1-2H3. The molecule has 5 nitrogen and oxygen atoms in total. The Morgan fingerprint density at radius 1 is 1.00 bits per heavy atom. The number of rotatable bonds is 6. The average Bonchev–Trinajstić information content (AvgIpc) is 3.37. The molecule has 6 heteroatoms. The lowest BCUT2D eigenvalue weighted by atomic mass is 10.1. The molecule has 0 atom stereocenters. The van der Waals surface area contributed by atoms with Crippen LogP contribution in [0.25, 0.3) is 16.8 Å². The number of aliphatic hydroxyl groups excluding tert-OH is 1. The van der Waals surface area contributed by atoms with Gasteiger partial charge >= 0.3 is 0 Å². The Kier molecular flexibility index (Phi) is 5.90. The number of hydrogen-bond donors (Lipinski definition) is 2. The summed E-state index contributed by atoms with van der Waals surface area (Å²) in [5.74, 6) is 1.11. The van der Waals surface area contributed by atoms with Crippen molar-refractivity contribution in [1.82, 2.24) is 4.98 Å². The lowest BCUT2D eigenvalue weighted by molar-refractivity contribution is 0.306. The Hall–Kier alpha value is -3.90. The van der Waals surface area contributed by atoms with Crippen LogP contribution in [0.2, 0.25) is 0 Å². The maximum absolute atomic E-state index is 10.8. The highest BCUT2D eigenvalue weighted by molar-refractivity contribution is 7.13. The predicted octanol–water partition coefficient (Wildman–Crippen LogP) is 6.77. The lowest BCUT2D eigenvalue weighted by Crippen LogP contribution is -2.26. The Morgan fingerprint density at radius 2 is 1.76 bits per heavy atom. The van der Waals surface area contributed by atoms with E-state index in [9.17, 15) is 5.11 Å². The van der Waals surface area contributed by atoms with Crippen LogP contribution in [0.5, 0.6) is 5.75 Å². The van der Waals surface area contributed by atoms with Crippen LogP contribution < -0.4 is 9.64 Å². The van der Waals surface area contributed by atoms with Crippen molar-refractivity contribution in [3.8, 4) is 17.0 Å². The fourth-order valence-corrected chi connectivity index (χ4v) is 4.99. The first-order chi connectivity index (χ1) is 16.5. The maximum Gasteiger partial charge on any atom is 0.139 e. The number of amidine groups is 1. The van der Waals surface area contributed by atoms with E-state index in [2.05, 4.69) is 31.2 Å². The number of nitrogens with zero attached hydrogens (tertiary/aromatic N) is 2. The van der Waals surface area contributed by atoms with Crippen molar-refractivity contribution in [3.05, 3.63) is 106 Å².